The van der Waals surface area contributed by atoms with Crippen molar-refractivity contribution < 1.29 is 4.79 Å². The van der Waals surface area contributed by atoms with Crippen LogP contribution in [0.25, 0.3) is 0 Å². The molecule has 0 saturated carbocycles. The van der Waals surface area contributed by atoms with Crippen molar-refractivity contribution in [3.63, 3.8) is 0 Å². The SMILES string of the molecule is CCc1nnsc1C(=O)NCCC1CCNC1. The maximum Gasteiger partial charge on any atom is 0.264 e. The van der Waals surface area contributed by atoms with Gasteiger partial charge in [0.25, 0.3) is 5.91 Å². The molecule has 1 unspecified atom stereocenters. The summed E-state index contributed by atoms with van der Waals surface area (Å²) in [4.78, 5) is 12.5. The van der Waals surface area contributed by atoms with Crippen LogP contribution in [-0.2, 0) is 6.42 Å². The van der Waals surface area contributed by atoms with E-state index in [4.69, 9.17) is 0 Å². The summed E-state index contributed by atoms with van der Waals surface area (Å²) in [7, 11) is 0. The standard InChI is InChI=1S/C11H18N4OS/c1-2-9-10(17-15-14-9)11(16)13-6-4-8-3-5-12-7-8/h8,12H,2-7H2,1H3,(H,13,16). The number of amides is 1. The molecule has 2 N–H and O–H groups in total. The normalized spacial score (nSPS) is 19.5. The van der Waals surface area contributed by atoms with Crippen LogP contribution in [0.15, 0.2) is 0 Å². The number of carbonyl (C=O) groups excluding carboxylic acids is 1. The maximum atomic E-state index is 11.9. The first kappa shape index (κ1) is 12.4. The number of rotatable bonds is 5. The number of hydrogen-bond acceptors (Lipinski definition) is 5. The molecule has 6 heteroatoms. The highest BCUT2D eigenvalue weighted by Crippen LogP contribution is 2.13. The van der Waals surface area contributed by atoms with Crippen molar-refractivity contribution in [3.05, 3.63) is 10.6 Å². The highest BCUT2D eigenvalue weighted by atomic mass is 32.1. The largest absolute Gasteiger partial charge is 0.351 e. The van der Waals surface area contributed by atoms with Crippen LogP contribution in [-0.4, -0.2) is 35.1 Å². The first-order valence-corrected chi connectivity index (χ1v) is 6.88. The van der Waals surface area contributed by atoms with Gasteiger partial charge in [-0.2, -0.15) is 0 Å². The van der Waals surface area contributed by atoms with Gasteiger partial charge in [0.1, 0.15) is 4.88 Å². The molecule has 1 atom stereocenters. The molecule has 1 aromatic rings. The number of nitrogens with one attached hydrogen (secondary N) is 2. The van der Waals surface area contributed by atoms with Gasteiger partial charge in [0.15, 0.2) is 0 Å². The third-order valence-electron chi connectivity index (χ3n) is 3.10. The Kier molecular flexibility index (Phi) is 4.44. The summed E-state index contributed by atoms with van der Waals surface area (Å²) in [5.41, 5.74) is 0.801. The third kappa shape index (κ3) is 3.23. The number of aryl methyl sites for hydroxylation is 1. The second kappa shape index (κ2) is 6.07. The molecule has 0 aliphatic carbocycles. The molecule has 94 valence electrons. The van der Waals surface area contributed by atoms with Crippen molar-refractivity contribution in [3.8, 4) is 0 Å². The molecule has 1 amide bonds. The molecule has 1 aliphatic rings. The summed E-state index contributed by atoms with van der Waals surface area (Å²) in [5.74, 6) is 0.684. The van der Waals surface area contributed by atoms with E-state index in [1.165, 1.54) is 18.0 Å². The van der Waals surface area contributed by atoms with Crippen molar-refractivity contribution in [1.29, 1.82) is 0 Å². The van der Waals surface area contributed by atoms with E-state index in [0.29, 0.717) is 10.8 Å². The fourth-order valence-electron chi connectivity index (χ4n) is 2.04. The van der Waals surface area contributed by atoms with Crippen molar-refractivity contribution in [2.24, 2.45) is 5.92 Å². The van der Waals surface area contributed by atoms with E-state index in [9.17, 15) is 4.79 Å². The summed E-state index contributed by atoms with van der Waals surface area (Å²) in [6.45, 7) is 4.92. The van der Waals surface area contributed by atoms with Gasteiger partial charge in [-0.25, -0.2) is 0 Å². The van der Waals surface area contributed by atoms with Crippen molar-refractivity contribution in [2.75, 3.05) is 19.6 Å². The number of carbonyl (C=O) groups is 1. The van der Waals surface area contributed by atoms with Crippen LogP contribution in [0, 0.1) is 5.92 Å². The van der Waals surface area contributed by atoms with Crippen LogP contribution >= 0.6 is 11.5 Å². The Morgan fingerprint density at radius 3 is 3.24 bits per heavy atom. The fraction of sp³-hybridized carbons (Fsp3) is 0.727. The molecule has 1 aliphatic heterocycles. The summed E-state index contributed by atoms with van der Waals surface area (Å²) >= 11 is 1.18. The maximum absolute atomic E-state index is 11.9. The lowest BCUT2D eigenvalue weighted by atomic mass is 10.1. The highest BCUT2D eigenvalue weighted by Gasteiger charge is 2.17. The average Bonchev–Trinajstić information content (AvgIpc) is 2.99. The zero-order valence-electron chi connectivity index (χ0n) is 10.0. The molecule has 1 saturated heterocycles. The third-order valence-corrected chi connectivity index (χ3v) is 3.86. The van der Waals surface area contributed by atoms with Crippen LogP contribution in [0.1, 0.15) is 35.1 Å². The molecule has 0 bridgehead atoms. The Bertz CT molecular complexity index is 373. The second-order valence-corrected chi connectivity index (χ2v) is 5.06. The van der Waals surface area contributed by atoms with Crippen LogP contribution < -0.4 is 10.6 Å². The van der Waals surface area contributed by atoms with Crippen LogP contribution in [0.3, 0.4) is 0 Å². The Hall–Kier alpha value is -1.01. The van der Waals surface area contributed by atoms with E-state index in [1.807, 2.05) is 6.92 Å². The van der Waals surface area contributed by atoms with Gasteiger partial charge in [0.05, 0.1) is 5.69 Å². The molecule has 17 heavy (non-hydrogen) atoms. The Balaban J connectivity index is 1.77. The van der Waals surface area contributed by atoms with E-state index in [-0.39, 0.29) is 5.91 Å². The Labute approximate surface area is 105 Å². The van der Waals surface area contributed by atoms with Gasteiger partial charge in [-0.3, -0.25) is 4.79 Å². The molecule has 2 rings (SSSR count). The van der Waals surface area contributed by atoms with Crippen molar-refractivity contribution >= 4 is 17.4 Å². The minimum atomic E-state index is -0.0252. The van der Waals surface area contributed by atoms with Gasteiger partial charge in [0.2, 0.25) is 0 Å². The predicted molar refractivity (Wildman–Crippen MR) is 67.2 cm³/mol. The minimum absolute atomic E-state index is 0.0252. The molecule has 2 heterocycles. The lowest BCUT2D eigenvalue weighted by molar-refractivity contribution is 0.0954. The van der Waals surface area contributed by atoms with Crippen LogP contribution in [0.4, 0.5) is 0 Å². The average molecular weight is 254 g/mol. The smallest absolute Gasteiger partial charge is 0.264 e. The molecular formula is C11H18N4OS. The second-order valence-electron chi connectivity index (χ2n) is 4.31. The van der Waals surface area contributed by atoms with E-state index in [2.05, 4.69) is 20.2 Å². The number of nitrogens with zero attached hydrogens (tertiary/aromatic N) is 2. The van der Waals surface area contributed by atoms with E-state index in [1.54, 1.807) is 0 Å². The topological polar surface area (TPSA) is 66.9 Å². The number of hydrogen-bond donors (Lipinski definition) is 2. The minimum Gasteiger partial charge on any atom is -0.351 e. The predicted octanol–water partition coefficient (Wildman–Crippen LogP) is 0.830. The lowest BCUT2D eigenvalue weighted by Crippen LogP contribution is -2.26. The van der Waals surface area contributed by atoms with Gasteiger partial charge in [0, 0.05) is 6.54 Å². The highest BCUT2D eigenvalue weighted by molar-refractivity contribution is 7.08. The van der Waals surface area contributed by atoms with Gasteiger partial charge in [-0.1, -0.05) is 11.4 Å². The summed E-state index contributed by atoms with van der Waals surface area (Å²) in [6.07, 6.45) is 3.02. The first-order valence-electron chi connectivity index (χ1n) is 6.11. The van der Waals surface area contributed by atoms with Gasteiger partial charge in [-0.05, 0) is 49.8 Å². The monoisotopic (exact) mass is 254 g/mol. The summed E-state index contributed by atoms with van der Waals surface area (Å²) in [5, 5.41) is 10.2. The van der Waals surface area contributed by atoms with Gasteiger partial charge in [-0.15, -0.1) is 5.10 Å². The Morgan fingerprint density at radius 2 is 2.53 bits per heavy atom. The number of aromatic nitrogens is 2. The molecule has 1 aromatic heterocycles. The van der Waals surface area contributed by atoms with Crippen molar-refractivity contribution in [2.45, 2.75) is 26.2 Å². The van der Waals surface area contributed by atoms with E-state index >= 15 is 0 Å². The molecule has 1 fully saturated rings. The fourth-order valence-corrected chi connectivity index (χ4v) is 2.71. The molecule has 0 radical (unpaired) electrons. The summed E-state index contributed by atoms with van der Waals surface area (Å²) in [6, 6.07) is 0. The van der Waals surface area contributed by atoms with Crippen molar-refractivity contribution in [1.82, 2.24) is 20.2 Å². The zero-order valence-corrected chi connectivity index (χ0v) is 10.8. The Morgan fingerprint density at radius 1 is 1.65 bits per heavy atom. The quantitative estimate of drug-likeness (QED) is 0.817. The first-order chi connectivity index (χ1) is 8.31. The van der Waals surface area contributed by atoms with Gasteiger partial charge >= 0.3 is 0 Å². The summed E-state index contributed by atoms with van der Waals surface area (Å²) < 4.78 is 3.82. The van der Waals surface area contributed by atoms with E-state index in [0.717, 1.165) is 38.2 Å². The van der Waals surface area contributed by atoms with E-state index < -0.39 is 0 Å². The zero-order chi connectivity index (χ0) is 12.1. The van der Waals surface area contributed by atoms with Crippen LogP contribution in [0.5, 0.6) is 0 Å². The van der Waals surface area contributed by atoms with Gasteiger partial charge < -0.3 is 10.6 Å². The molecular weight excluding hydrogens is 236 g/mol. The lowest BCUT2D eigenvalue weighted by Gasteiger charge is -2.08. The molecule has 0 spiro atoms. The van der Waals surface area contributed by atoms with Crippen LogP contribution in [0.2, 0.25) is 0 Å². The molecule has 0 aromatic carbocycles. The molecule has 5 nitrogen and oxygen atoms in total.